The molecule has 45 heavy (non-hydrogen) atoms. The molecule has 0 aliphatic carbocycles. The second-order valence-electron chi connectivity index (χ2n) is 11.2. The first-order valence-corrected chi connectivity index (χ1v) is 15.9. The molecule has 1 aromatic heterocycles. The molecule has 0 bridgehead atoms. The van der Waals surface area contributed by atoms with Crippen molar-refractivity contribution in [2.45, 2.75) is 18.9 Å². The Morgan fingerprint density at radius 3 is 2.47 bits per heavy atom. The molecule has 2 aliphatic rings. The second-order valence-corrected chi connectivity index (χ2v) is 12.3. The van der Waals surface area contributed by atoms with Crippen molar-refractivity contribution in [2.24, 2.45) is 9.98 Å². The van der Waals surface area contributed by atoms with Crippen molar-refractivity contribution < 1.29 is 0 Å². The van der Waals surface area contributed by atoms with Crippen LogP contribution >= 0.6 is 11.3 Å². The molecular weight excluding hydrogens is 571 g/mol. The number of aliphatic imine (C=N–C) groups is 2. The number of thiophene rings is 1. The lowest BCUT2D eigenvalue weighted by Gasteiger charge is -2.29. The average molecular weight is 602 g/mol. The molecule has 218 valence electrons. The average Bonchev–Trinajstić information content (AvgIpc) is 3.65. The SMILES string of the molecule is C=NC(N/C(=N\Cc1cccc(-c2ccc3sc4c(c3c2)NC2C=Cc3ccccc3N42)c1)c1ccccc1)c1ccccc1. The van der Waals surface area contributed by atoms with E-state index in [0.29, 0.717) is 6.54 Å². The van der Waals surface area contributed by atoms with Crippen molar-refractivity contribution in [3.05, 3.63) is 156 Å². The third-order valence-electron chi connectivity index (χ3n) is 8.41. The zero-order valence-corrected chi connectivity index (χ0v) is 25.4. The van der Waals surface area contributed by atoms with E-state index in [9.17, 15) is 0 Å². The minimum atomic E-state index is -0.298. The van der Waals surface area contributed by atoms with E-state index in [1.807, 2.05) is 47.7 Å². The van der Waals surface area contributed by atoms with E-state index in [2.05, 4.69) is 130 Å². The molecule has 5 aromatic carbocycles. The summed E-state index contributed by atoms with van der Waals surface area (Å²) >= 11 is 1.85. The highest BCUT2D eigenvalue weighted by atomic mass is 32.1. The third-order valence-corrected chi connectivity index (χ3v) is 9.58. The number of fused-ring (bicyclic) bond motifs is 7. The Balaban J connectivity index is 1.09. The van der Waals surface area contributed by atoms with Crippen molar-refractivity contribution in [3.63, 3.8) is 0 Å². The van der Waals surface area contributed by atoms with Gasteiger partial charge in [-0.05, 0) is 64.9 Å². The first-order valence-electron chi connectivity index (χ1n) is 15.1. The van der Waals surface area contributed by atoms with E-state index >= 15 is 0 Å². The van der Waals surface area contributed by atoms with E-state index in [4.69, 9.17) is 4.99 Å². The van der Waals surface area contributed by atoms with E-state index in [1.54, 1.807) is 0 Å². The van der Waals surface area contributed by atoms with Crippen molar-refractivity contribution in [3.8, 4) is 11.1 Å². The monoisotopic (exact) mass is 601 g/mol. The van der Waals surface area contributed by atoms with Crippen LogP contribution in [0.3, 0.4) is 0 Å². The Hall–Kier alpha value is -5.46. The van der Waals surface area contributed by atoms with E-state index in [1.165, 1.54) is 43.2 Å². The Kier molecular flexibility index (Phi) is 6.97. The molecular formula is C39H31N5S. The van der Waals surface area contributed by atoms with Crippen LogP contribution in [-0.2, 0) is 6.54 Å². The van der Waals surface area contributed by atoms with Crippen LogP contribution in [0.5, 0.6) is 0 Å². The Morgan fingerprint density at radius 1 is 0.844 bits per heavy atom. The maximum atomic E-state index is 5.06. The first kappa shape index (κ1) is 27.1. The molecule has 0 saturated heterocycles. The highest BCUT2D eigenvalue weighted by molar-refractivity contribution is 7.24. The van der Waals surface area contributed by atoms with Crippen LogP contribution in [0.1, 0.15) is 28.4 Å². The van der Waals surface area contributed by atoms with Gasteiger partial charge in [-0.2, -0.15) is 0 Å². The number of hydrogen-bond donors (Lipinski definition) is 2. The highest BCUT2D eigenvalue weighted by Crippen LogP contribution is 2.53. The van der Waals surface area contributed by atoms with E-state index in [-0.39, 0.29) is 12.3 Å². The van der Waals surface area contributed by atoms with E-state index in [0.717, 1.165) is 22.5 Å². The fourth-order valence-corrected chi connectivity index (χ4v) is 7.38. The number of para-hydroxylation sites is 1. The predicted molar refractivity (Wildman–Crippen MR) is 191 cm³/mol. The summed E-state index contributed by atoms with van der Waals surface area (Å²) in [6.07, 6.45) is 4.31. The molecule has 0 radical (unpaired) electrons. The van der Waals surface area contributed by atoms with Gasteiger partial charge in [0.05, 0.1) is 17.9 Å². The standard InChI is InChI=1S/C39H31N5S/c1-40-37(28-13-4-2-5-14-28)43-38(29-15-6-3-7-16-29)41-25-26-11-10-17-30(23-26)31-19-21-34-32(24-31)36-39(45-34)44-33-18-9-8-12-27(33)20-22-35(44)42-36/h2-24,35,37,42H,1,25H2,(H,41,43). The molecule has 8 rings (SSSR count). The molecule has 2 unspecified atom stereocenters. The number of nitrogens with one attached hydrogen (secondary N) is 2. The molecule has 0 amide bonds. The topological polar surface area (TPSA) is 52.0 Å². The number of benzene rings is 5. The Labute approximate surface area is 266 Å². The molecule has 2 N–H and O–H groups in total. The highest BCUT2D eigenvalue weighted by Gasteiger charge is 2.34. The summed E-state index contributed by atoms with van der Waals surface area (Å²) in [4.78, 5) is 11.8. The summed E-state index contributed by atoms with van der Waals surface area (Å²) in [5, 5.41) is 9.84. The van der Waals surface area contributed by atoms with Gasteiger partial charge in [-0.3, -0.25) is 9.98 Å². The smallest absolute Gasteiger partial charge is 0.145 e. The van der Waals surface area contributed by atoms with Gasteiger partial charge in [-0.15, -0.1) is 11.3 Å². The van der Waals surface area contributed by atoms with Gasteiger partial charge in [0.2, 0.25) is 0 Å². The molecule has 2 aliphatic heterocycles. The minimum Gasteiger partial charge on any atom is -0.359 e. The molecule has 0 spiro atoms. The van der Waals surface area contributed by atoms with Gasteiger partial charge >= 0.3 is 0 Å². The zero-order chi connectivity index (χ0) is 30.2. The number of nitrogens with zero attached hydrogens (tertiary/aromatic N) is 3. The zero-order valence-electron chi connectivity index (χ0n) is 24.6. The van der Waals surface area contributed by atoms with Crippen LogP contribution in [0.25, 0.3) is 27.3 Å². The quantitative estimate of drug-likeness (QED) is 0.142. The fraction of sp³-hybridized carbons (Fsp3) is 0.0769. The molecule has 6 heteroatoms. The van der Waals surface area contributed by atoms with Crippen LogP contribution in [0, 0.1) is 0 Å². The van der Waals surface area contributed by atoms with Crippen LogP contribution in [0.2, 0.25) is 0 Å². The van der Waals surface area contributed by atoms with Gasteiger partial charge in [0.1, 0.15) is 23.2 Å². The van der Waals surface area contributed by atoms with Gasteiger partial charge in [-0.25, -0.2) is 0 Å². The van der Waals surface area contributed by atoms with Crippen LogP contribution in [0.4, 0.5) is 16.4 Å². The van der Waals surface area contributed by atoms with Gasteiger partial charge in [-0.1, -0.05) is 109 Å². The van der Waals surface area contributed by atoms with Crippen molar-refractivity contribution in [2.75, 3.05) is 10.2 Å². The summed E-state index contributed by atoms with van der Waals surface area (Å²) in [7, 11) is 0. The van der Waals surface area contributed by atoms with Gasteiger partial charge in [0.15, 0.2) is 0 Å². The predicted octanol–water partition coefficient (Wildman–Crippen LogP) is 9.42. The summed E-state index contributed by atoms with van der Waals surface area (Å²) in [6.45, 7) is 4.37. The lowest BCUT2D eigenvalue weighted by molar-refractivity contribution is 0.686. The fourth-order valence-electron chi connectivity index (χ4n) is 6.18. The Bertz CT molecular complexity index is 2080. The molecule has 6 aromatic rings. The van der Waals surface area contributed by atoms with Crippen LogP contribution in [-0.4, -0.2) is 18.7 Å². The maximum absolute atomic E-state index is 5.06. The normalized spacial score (nSPS) is 15.6. The van der Waals surface area contributed by atoms with Gasteiger partial charge in [0, 0.05) is 15.6 Å². The summed E-state index contributed by atoms with van der Waals surface area (Å²) < 4.78 is 1.28. The van der Waals surface area contributed by atoms with Crippen molar-refractivity contribution >= 4 is 56.4 Å². The number of hydrogen-bond acceptors (Lipinski definition) is 5. The second kappa shape index (κ2) is 11.6. The van der Waals surface area contributed by atoms with Crippen molar-refractivity contribution in [1.29, 1.82) is 0 Å². The number of rotatable bonds is 7. The van der Waals surface area contributed by atoms with E-state index < -0.39 is 0 Å². The molecule has 2 atom stereocenters. The first-order chi connectivity index (χ1) is 22.2. The summed E-state index contributed by atoms with van der Waals surface area (Å²) in [5.41, 5.74) is 9.27. The van der Waals surface area contributed by atoms with Gasteiger partial charge < -0.3 is 15.5 Å². The lowest BCUT2D eigenvalue weighted by Crippen LogP contribution is -2.31. The molecule has 0 fully saturated rings. The number of amidine groups is 1. The van der Waals surface area contributed by atoms with Crippen molar-refractivity contribution in [1.82, 2.24) is 5.32 Å². The molecule has 0 saturated carbocycles. The Morgan fingerprint density at radius 2 is 1.62 bits per heavy atom. The molecule has 5 nitrogen and oxygen atoms in total. The van der Waals surface area contributed by atoms with Crippen LogP contribution in [0.15, 0.2) is 143 Å². The van der Waals surface area contributed by atoms with Gasteiger partial charge in [0.25, 0.3) is 0 Å². The van der Waals surface area contributed by atoms with Crippen LogP contribution < -0.4 is 15.5 Å². The summed E-state index contributed by atoms with van der Waals surface area (Å²) in [5.74, 6) is 0.788. The summed E-state index contributed by atoms with van der Waals surface area (Å²) in [6, 6.07) is 44.4. The lowest BCUT2D eigenvalue weighted by atomic mass is 10.0. The largest absolute Gasteiger partial charge is 0.359 e. The maximum Gasteiger partial charge on any atom is 0.145 e. The minimum absolute atomic E-state index is 0.139. The number of anilines is 3. The molecule has 3 heterocycles. The third kappa shape index (κ3) is 5.09.